The zero-order chi connectivity index (χ0) is 9.19. The SMILES string of the molecule is O=CNC1=NC(Cl)(S(=O)O)N=N1. The molecule has 0 saturated heterocycles. The summed E-state index contributed by atoms with van der Waals surface area (Å²) < 4.78 is 17.0. The number of azo groups is 1. The van der Waals surface area contributed by atoms with Crippen molar-refractivity contribution >= 4 is 35.1 Å². The lowest BCUT2D eigenvalue weighted by Gasteiger charge is -2.04. The Balaban J connectivity index is 2.83. The molecule has 0 aromatic rings. The zero-order valence-electron chi connectivity index (χ0n) is 5.47. The molecule has 1 aliphatic heterocycles. The van der Waals surface area contributed by atoms with Crippen molar-refractivity contribution in [2.24, 2.45) is 15.2 Å². The molecule has 2 atom stereocenters. The summed E-state index contributed by atoms with van der Waals surface area (Å²) in [5, 5.41) is 8.46. The van der Waals surface area contributed by atoms with E-state index in [1.165, 1.54) is 0 Å². The van der Waals surface area contributed by atoms with Crippen molar-refractivity contribution in [3.05, 3.63) is 0 Å². The number of halogens is 1. The van der Waals surface area contributed by atoms with Gasteiger partial charge >= 0.3 is 4.45 Å². The molecule has 0 bridgehead atoms. The molecule has 7 nitrogen and oxygen atoms in total. The highest BCUT2D eigenvalue weighted by molar-refractivity contribution is 7.82. The molecule has 1 rings (SSSR count). The van der Waals surface area contributed by atoms with Crippen LogP contribution in [0.3, 0.4) is 0 Å². The Labute approximate surface area is 74.2 Å². The fraction of sp³-hybridized carbons (Fsp3) is 0.333. The summed E-state index contributed by atoms with van der Waals surface area (Å²) in [4.78, 5) is 13.2. The number of amides is 1. The number of aliphatic imine (C=N–C) groups is 1. The van der Waals surface area contributed by atoms with E-state index in [0.29, 0.717) is 6.41 Å². The van der Waals surface area contributed by atoms with Crippen LogP contribution in [0.4, 0.5) is 0 Å². The van der Waals surface area contributed by atoms with Crippen LogP contribution >= 0.6 is 11.6 Å². The van der Waals surface area contributed by atoms with Gasteiger partial charge in [0.1, 0.15) is 0 Å². The summed E-state index contributed by atoms with van der Waals surface area (Å²) in [5.41, 5.74) is 0. The van der Waals surface area contributed by atoms with Crippen molar-refractivity contribution in [3.63, 3.8) is 0 Å². The Hall–Kier alpha value is -0.860. The van der Waals surface area contributed by atoms with Crippen LogP contribution in [-0.4, -0.2) is 25.6 Å². The van der Waals surface area contributed by atoms with Gasteiger partial charge in [-0.1, -0.05) is 0 Å². The van der Waals surface area contributed by atoms with E-state index in [1.807, 2.05) is 5.32 Å². The van der Waals surface area contributed by atoms with Gasteiger partial charge in [-0.05, 0) is 11.6 Å². The highest BCUT2D eigenvalue weighted by Gasteiger charge is 2.38. The van der Waals surface area contributed by atoms with Crippen LogP contribution < -0.4 is 5.32 Å². The van der Waals surface area contributed by atoms with E-state index in [-0.39, 0.29) is 5.96 Å². The second-order valence-electron chi connectivity index (χ2n) is 1.68. The number of alkyl halides is 1. The van der Waals surface area contributed by atoms with E-state index < -0.39 is 15.5 Å². The minimum absolute atomic E-state index is 0.192. The maximum absolute atomic E-state index is 10.5. The van der Waals surface area contributed by atoms with Crippen molar-refractivity contribution in [3.8, 4) is 0 Å². The number of nitrogens with one attached hydrogen (secondary N) is 1. The first-order valence-electron chi connectivity index (χ1n) is 2.61. The molecule has 12 heavy (non-hydrogen) atoms. The first-order valence-corrected chi connectivity index (χ1v) is 4.10. The van der Waals surface area contributed by atoms with Crippen LogP contribution in [-0.2, 0) is 15.9 Å². The number of rotatable bonds is 2. The fourth-order valence-corrected chi connectivity index (χ4v) is 0.865. The Kier molecular flexibility index (Phi) is 2.50. The molecule has 9 heteroatoms. The van der Waals surface area contributed by atoms with Gasteiger partial charge in [0.25, 0.3) is 0 Å². The molecule has 0 fully saturated rings. The molecule has 66 valence electrons. The topological polar surface area (TPSA) is 103 Å². The molecule has 0 aromatic heterocycles. The summed E-state index contributed by atoms with van der Waals surface area (Å²) >= 11 is 2.91. The lowest BCUT2D eigenvalue weighted by atomic mass is 10.9. The first-order chi connectivity index (χ1) is 5.58. The highest BCUT2D eigenvalue weighted by atomic mass is 35.5. The van der Waals surface area contributed by atoms with Crippen molar-refractivity contribution in [2.75, 3.05) is 0 Å². The summed E-state index contributed by atoms with van der Waals surface area (Å²) in [7, 11) is 0. The van der Waals surface area contributed by atoms with Gasteiger partial charge in [-0.25, -0.2) is 4.21 Å². The molecule has 0 aliphatic carbocycles. The van der Waals surface area contributed by atoms with Crippen LogP contribution in [0, 0.1) is 0 Å². The quantitative estimate of drug-likeness (QED) is 0.281. The van der Waals surface area contributed by atoms with Gasteiger partial charge < -0.3 is 4.55 Å². The van der Waals surface area contributed by atoms with Crippen LogP contribution in [0.25, 0.3) is 0 Å². The van der Waals surface area contributed by atoms with Gasteiger partial charge in [0.2, 0.25) is 23.5 Å². The van der Waals surface area contributed by atoms with E-state index in [2.05, 4.69) is 15.2 Å². The van der Waals surface area contributed by atoms with Gasteiger partial charge in [0.15, 0.2) is 0 Å². The second-order valence-corrected chi connectivity index (χ2v) is 3.49. The number of carbonyl (C=O) groups is 1. The van der Waals surface area contributed by atoms with Crippen LogP contribution in [0.2, 0.25) is 0 Å². The number of hydrogen-bond donors (Lipinski definition) is 2. The molecule has 0 radical (unpaired) electrons. The Morgan fingerprint density at radius 2 is 2.42 bits per heavy atom. The monoisotopic (exact) mass is 210 g/mol. The molecule has 1 aliphatic rings. The van der Waals surface area contributed by atoms with Crippen LogP contribution in [0.1, 0.15) is 0 Å². The van der Waals surface area contributed by atoms with Gasteiger partial charge in [-0.15, -0.1) is 10.2 Å². The van der Waals surface area contributed by atoms with Gasteiger partial charge in [0, 0.05) is 0 Å². The molecule has 0 aromatic carbocycles. The number of guanidine groups is 1. The molecular formula is C3H3ClN4O3S. The number of nitrogens with zero attached hydrogens (tertiary/aromatic N) is 3. The summed E-state index contributed by atoms with van der Waals surface area (Å²) in [6, 6.07) is 0. The predicted octanol–water partition coefficient (Wildman–Crippen LogP) is -0.374. The third-order valence-electron chi connectivity index (χ3n) is 0.922. The van der Waals surface area contributed by atoms with Crippen molar-refractivity contribution in [1.29, 1.82) is 0 Å². The van der Waals surface area contributed by atoms with Gasteiger partial charge in [-0.3, -0.25) is 10.1 Å². The normalized spacial score (nSPS) is 29.7. The largest absolute Gasteiger partial charge is 0.350 e. The average molecular weight is 211 g/mol. The standard InChI is InChI=1S/C3H3ClN4O3S/c4-3(12(10)11)6-2(5-1-9)7-8-3/h1H,(H,10,11)(H,5,6,9). The van der Waals surface area contributed by atoms with Crippen LogP contribution in [0.5, 0.6) is 0 Å². The Bertz CT molecular complexity index is 291. The predicted molar refractivity (Wildman–Crippen MR) is 40.8 cm³/mol. The summed E-state index contributed by atoms with van der Waals surface area (Å²) in [6.07, 6.45) is 0.306. The average Bonchev–Trinajstić information content (AvgIpc) is 2.34. The summed E-state index contributed by atoms with van der Waals surface area (Å²) in [6.45, 7) is 0. The molecule has 1 amide bonds. The van der Waals surface area contributed by atoms with Crippen LogP contribution in [0.15, 0.2) is 15.2 Å². The number of carbonyl (C=O) groups excluding carboxylic acids is 1. The van der Waals surface area contributed by atoms with Gasteiger partial charge in [-0.2, -0.15) is 4.99 Å². The van der Waals surface area contributed by atoms with Crippen molar-refractivity contribution in [2.45, 2.75) is 4.45 Å². The summed E-state index contributed by atoms with van der Waals surface area (Å²) in [5.74, 6) is -0.192. The highest BCUT2D eigenvalue weighted by Crippen LogP contribution is 2.26. The third-order valence-corrected chi connectivity index (χ3v) is 2.10. The molecule has 2 unspecified atom stereocenters. The fourth-order valence-electron chi connectivity index (χ4n) is 0.472. The zero-order valence-corrected chi connectivity index (χ0v) is 7.04. The molecule has 2 N–H and O–H groups in total. The maximum Gasteiger partial charge on any atom is 0.350 e. The molecule has 1 heterocycles. The lowest BCUT2D eigenvalue weighted by molar-refractivity contribution is -0.108. The molecular weight excluding hydrogens is 208 g/mol. The Morgan fingerprint density at radius 1 is 1.75 bits per heavy atom. The van der Waals surface area contributed by atoms with E-state index in [4.69, 9.17) is 16.2 Å². The van der Waals surface area contributed by atoms with E-state index in [9.17, 15) is 9.00 Å². The minimum atomic E-state index is -2.47. The lowest BCUT2D eigenvalue weighted by Crippen LogP contribution is -2.23. The van der Waals surface area contributed by atoms with E-state index >= 15 is 0 Å². The minimum Gasteiger partial charge on any atom is -0.302 e. The number of hydrogen-bond acceptors (Lipinski definition) is 5. The third kappa shape index (κ3) is 1.65. The second kappa shape index (κ2) is 3.25. The molecule has 0 saturated carbocycles. The smallest absolute Gasteiger partial charge is 0.302 e. The molecule has 0 spiro atoms. The maximum atomic E-state index is 10.5. The van der Waals surface area contributed by atoms with E-state index in [1.54, 1.807) is 0 Å². The van der Waals surface area contributed by atoms with E-state index in [0.717, 1.165) is 0 Å². The Morgan fingerprint density at radius 3 is 2.83 bits per heavy atom. The van der Waals surface area contributed by atoms with Crippen molar-refractivity contribution in [1.82, 2.24) is 5.32 Å². The van der Waals surface area contributed by atoms with Crippen molar-refractivity contribution < 1.29 is 13.6 Å². The first kappa shape index (κ1) is 9.23. The van der Waals surface area contributed by atoms with Gasteiger partial charge in [0.05, 0.1) is 0 Å².